The highest BCUT2D eigenvalue weighted by Gasteiger charge is 2.25. The van der Waals surface area contributed by atoms with Crippen LogP contribution in [0, 0.1) is 0 Å². The smallest absolute Gasteiger partial charge is 0.255 e. The summed E-state index contributed by atoms with van der Waals surface area (Å²) in [6.07, 6.45) is 0. The molecule has 4 rings (SSSR count). The van der Waals surface area contributed by atoms with Gasteiger partial charge in [-0.1, -0.05) is 62.3 Å². The molecule has 0 fully saturated rings. The molecule has 0 aliphatic carbocycles. The Balaban J connectivity index is 1.98. The molecule has 3 aromatic rings. The lowest BCUT2D eigenvalue weighted by Gasteiger charge is -2.26. The molecule has 1 aliphatic rings. The fraction of sp³-hybridized carbons (Fsp3) is 0.500. The second kappa shape index (κ2) is 17.2. The predicted molar refractivity (Wildman–Crippen MR) is 205 cm³/mol. The van der Waals surface area contributed by atoms with E-state index >= 15 is 0 Å². The zero-order valence-electron chi connectivity index (χ0n) is 33.2. The first-order valence-corrected chi connectivity index (χ1v) is 18.1. The minimum atomic E-state index is -0.629. The van der Waals surface area contributed by atoms with Crippen molar-refractivity contribution in [3.05, 3.63) is 86.5 Å². The molecule has 6 N–H and O–H groups in total. The monoisotopic (exact) mass is 747 g/mol. The van der Waals surface area contributed by atoms with E-state index < -0.39 is 17.7 Å². The van der Waals surface area contributed by atoms with Crippen molar-refractivity contribution in [1.82, 2.24) is 0 Å². The lowest BCUT2D eigenvalue weighted by atomic mass is 9.84. The maximum Gasteiger partial charge on any atom is 0.255 e. The maximum absolute atomic E-state index is 12.0. The number of primary amides is 3. The molecule has 294 valence electrons. The summed E-state index contributed by atoms with van der Waals surface area (Å²) in [5, 5.41) is 0. The van der Waals surface area contributed by atoms with Crippen molar-refractivity contribution in [2.75, 3.05) is 19.8 Å². The van der Waals surface area contributed by atoms with Crippen LogP contribution in [0.4, 0.5) is 0 Å². The molecule has 6 bridgehead atoms. The van der Waals surface area contributed by atoms with E-state index in [2.05, 4.69) is 62.3 Å². The van der Waals surface area contributed by atoms with Gasteiger partial charge in [0.05, 0.1) is 39.6 Å². The quantitative estimate of drug-likeness (QED) is 0.249. The Morgan fingerprint density at radius 1 is 0.444 bits per heavy atom. The number of amides is 3. The fourth-order valence-electron chi connectivity index (χ4n) is 6.00. The second-order valence-electron chi connectivity index (χ2n) is 16.9. The Kier molecular flexibility index (Phi) is 13.4. The van der Waals surface area contributed by atoms with Gasteiger partial charge < -0.3 is 45.6 Å². The number of carbonyl (C=O) groups excluding carboxylic acids is 3. The first kappa shape index (κ1) is 42.1. The number of hydrogen-bond donors (Lipinski definition) is 3. The molecular formula is C42H57N3O9. The number of rotatable bonds is 9. The SMILES string of the molecule is CC(C)(C)c1cc2c(OCC(N)=O)c(c1)COCc1cc(C(C)(C)C)cc(c1OCC(N)=O)COCc1cc(C(C)(C)C)cc(c1OCC(N)=O)COC2. The summed E-state index contributed by atoms with van der Waals surface area (Å²) in [4.78, 5) is 35.9. The van der Waals surface area contributed by atoms with Gasteiger partial charge in [0, 0.05) is 33.4 Å². The van der Waals surface area contributed by atoms with Gasteiger partial charge in [-0.05, 0) is 69.3 Å². The summed E-state index contributed by atoms with van der Waals surface area (Å²) < 4.78 is 37.4. The van der Waals surface area contributed by atoms with Crippen molar-refractivity contribution in [2.24, 2.45) is 17.2 Å². The molecule has 1 aliphatic heterocycles. The lowest BCUT2D eigenvalue weighted by molar-refractivity contribution is -0.120. The molecule has 54 heavy (non-hydrogen) atoms. The molecule has 0 radical (unpaired) electrons. The minimum absolute atomic E-state index is 0.105. The molecule has 0 atom stereocenters. The maximum atomic E-state index is 12.0. The van der Waals surface area contributed by atoms with Crippen LogP contribution in [0.15, 0.2) is 36.4 Å². The van der Waals surface area contributed by atoms with Crippen LogP contribution >= 0.6 is 0 Å². The van der Waals surface area contributed by atoms with Crippen molar-refractivity contribution in [1.29, 1.82) is 0 Å². The zero-order valence-corrected chi connectivity index (χ0v) is 33.2. The first-order valence-electron chi connectivity index (χ1n) is 18.1. The van der Waals surface area contributed by atoms with E-state index in [-0.39, 0.29) is 75.7 Å². The van der Waals surface area contributed by atoms with Crippen LogP contribution in [-0.4, -0.2) is 37.5 Å². The number of fused-ring (bicyclic) bond motifs is 6. The first-order chi connectivity index (χ1) is 25.1. The summed E-state index contributed by atoms with van der Waals surface area (Å²) in [6, 6.07) is 12.0. The van der Waals surface area contributed by atoms with Gasteiger partial charge in [0.2, 0.25) is 0 Å². The molecule has 3 aromatic carbocycles. The Morgan fingerprint density at radius 2 is 0.630 bits per heavy atom. The van der Waals surface area contributed by atoms with E-state index in [9.17, 15) is 14.4 Å². The Labute approximate surface area is 318 Å². The van der Waals surface area contributed by atoms with Gasteiger partial charge in [-0.25, -0.2) is 0 Å². The largest absolute Gasteiger partial charge is 0.483 e. The van der Waals surface area contributed by atoms with Gasteiger partial charge in [-0.3, -0.25) is 14.4 Å². The summed E-state index contributed by atoms with van der Waals surface area (Å²) >= 11 is 0. The van der Waals surface area contributed by atoms with Crippen LogP contribution in [0.5, 0.6) is 17.2 Å². The van der Waals surface area contributed by atoms with Crippen molar-refractivity contribution in [3.63, 3.8) is 0 Å². The molecular weight excluding hydrogens is 690 g/mol. The van der Waals surface area contributed by atoms with Crippen molar-refractivity contribution in [2.45, 2.75) is 118 Å². The average Bonchev–Trinajstić information content (AvgIpc) is 3.04. The molecule has 3 amide bonds. The Bertz CT molecular complexity index is 1560. The lowest BCUT2D eigenvalue weighted by Crippen LogP contribution is -2.22. The van der Waals surface area contributed by atoms with Crippen molar-refractivity contribution < 1.29 is 42.8 Å². The minimum Gasteiger partial charge on any atom is -0.483 e. The van der Waals surface area contributed by atoms with E-state index in [4.69, 9.17) is 45.6 Å². The summed E-state index contributed by atoms with van der Waals surface area (Å²) in [5.74, 6) is -0.595. The molecule has 0 aromatic heterocycles. The molecule has 0 saturated heterocycles. The summed E-state index contributed by atoms with van der Waals surface area (Å²) in [6.45, 7) is 18.5. The van der Waals surface area contributed by atoms with Gasteiger partial charge >= 0.3 is 0 Å². The molecule has 1 heterocycles. The topological polar surface area (TPSA) is 185 Å². The highest BCUT2D eigenvalue weighted by molar-refractivity contribution is 5.76. The molecule has 0 saturated carbocycles. The number of nitrogens with two attached hydrogens (primary N) is 3. The Morgan fingerprint density at radius 3 is 0.778 bits per heavy atom. The summed E-state index contributed by atoms with van der Waals surface area (Å²) in [7, 11) is 0. The van der Waals surface area contributed by atoms with Crippen LogP contribution in [-0.2, 0) is 84.5 Å². The highest BCUT2D eigenvalue weighted by atomic mass is 16.5. The van der Waals surface area contributed by atoms with Crippen LogP contribution in [0.2, 0.25) is 0 Å². The average molecular weight is 748 g/mol. The van der Waals surface area contributed by atoms with Gasteiger partial charge in [0.1, 0.15) is 17.2 Å². The standard InChI is InChI=1S/C42H57N3O9/c1-40(2,3)31-10-25-16-49-18-27-12-32(41(4,5)6)14-29(38(27)53-23-35(44)47)20-51-21-30-15-33(42(7,8)9)13-28(39(30)54-24-36(45)48)19-50-17-26(11-31)37(25)52-22-34(43)46/h10-15H,16-24H2,1-9H3,(H2,43,46)(H2,44,47)(H2,45,48). The molecule has 0 spiro atoms. The van der Waals surface area contributed by atoms with Gasteiger partial charge in [0.25, 0.3) is 17.7 Å². The molecule has 12 nitrogen and oxygen atoms in total. The highest BCUT2D eigenvalue weighted by Crippen LogP contribution is 2.38. The number of carbonyl (C=O) groups is 3. The van der Waals surface area contributed by atoms with Gasteiger partial charge in [-0.2, -0.15) is 0 Å². The third kappa shape index (κ3) is 11.4. The molecule has 0 unspecified atom stereocenters. The number of ether oxygens (including phenoxy) is 6. The Hall–Kier alpha value is -4.65. The van der Waals surface area contributed by atoms with Crippen LogP contribution in [0.25, 0.3) is 0 Å². The van der Waals surface area contributed by atoms with E-state index in [1.165, 1.54) is 0 Å². The molecule has 12 heteroatoms. The van der Waals surface area contributed by atoms with Crippen LogP contribution in [0.1, 0.15) is 112 Å². The van der Waals surface area contributed by atoms with Crippen LogP contribution in [0.3, 0.4) is 0 Å². The summed E-state index contributed by atoms with van der Waals surface area (Å²) in [5.41, 5.74) is 23.0. The van der Waals surface area contributed by atoms with Crippen molar-refractivity contribution >= 4 is 17.7 Å². The predicted octanol–water partition coefficient (Wildman–Crippen LogP) is 5.64. The number of hydrogen-bond acceptors (Lipinski definition) is 9. The zero-order chi connectivity index (χ0) is 40.0. The van der Waals surface area contributed by atoms with Gasteiger partial charge in [-0.15, -0.1) is 0 Å². The number of benzene rings is 3. The van der Waals surface area contributed by atoms with E-state index in [0.29, 0.717) is 50.6 Å². The van der Waals surface area contributed by atoms with Crippen LogP contribution < -0.4 is 31.4 Å². The van der Waals surface area contributed by atoms with Crippen molar-refractivity contribution in [3.8, 4) is 17.2 Å². The third-order valence-electron chi connectivity index (χ3n) is 8.95. The fourth-order valence-corrected chi connectivity index (χ4v) is 6.00. The van der Waals surface area contributed by atoms with Gasteiger partial charge in [0.15, 0.2) is 19.8 Å². The van der Waals surface area contributed by atoms with E-state index in [1.54, 1.807) is 0 Å². The van der Waals surface area contributed by atoms with E-state index in [0.717, 1.165) is 16.7 Å². The third-order valence-corrected chi connectivity index (χ3v) is 8.95. The second-order valence-corrected chi connectivity index (χ2v) is 16.9. The van der Waals surface area contributed by atoms with E-state index in [1.807, 2.05) is 36.4 Å². The normalized spacial score (nSPS) is 14.4.